The van der Waals surface area contributed by atoms with Gasteiger partial charge in [-0.25, -0.2) is 0 Å². The number of hydrogen-bond donors (Lipinski definition) is 1. The van der Waals surface area contributed by atoms with Crippen molar-refractivity contribution in [2.45, 2.75) is 25.8 Å². The fourth-order valence-corrected chi connectivity index (χ4v) is 1.55. The molecule has 0 saturated carbocycles. The van der Waals surface area contributed by atoms with Gasteiger partial charge in [0.05, 0.1) is 13.0 Å². The van der Waals surface area contributed by atoms with Crippen LogP contribution < -0.4 is 5.32 Å². The van der Waals surface area contributed by atoms with Gasteiger partial charge in [0.1, 0.15) is 0 Å². The summed E-state index contributed by atoms with van der Waals surface area (Å²) in [6.07, 6.45) is 5.17. The van der Waals surface area contributed by atoms with Crippen molar-refractivity contribution in [3.63, 3.8) is 0 Å². The van der Waals surface area contributed by atoms with Crippen LogP contribution in [0.3, 0.4) is 0 Å². The Morgan fingerprint density at radius 2 is 2.07 bits per heavy atom. The van der Waals surface area contributed by atoms with Crippen molar-refractivity contribution in [1.29, 1.82) is 0 Å². The average Bonchev–Trinajstić information content (AvgIpc) is 2.17. The number of rotatable bonds is 2. The van der Waals surface area contributed by atoms with Crippen LogP contribution >= 0.6 is 0 Å². The lowest BCUT2D eigenvalue weighted by Gasteiger charge is -2.21. The fourth-order valence-electron chi connectivity index (χ4n) is 1.55. The van der Waals surface area contributed by atoms with Crippen molar-refractivity contribution in [3.05, 3.63) is 12.2 Å². The molecule has 0 spiro atoms. The minimum atomic E-state index is -0.206. The lowest BCUT2D eigenvalue weighted by molar-refractivity contribution is -0.144. The molecule has 14 heavy (non-hydrogen) atoms. The fraction of sp³-hybridized carbons (Fsp3) is 0.600. The molecule has 0 aromatic heterocycles. The molecule has 0 unspecified atom stereocenters. The van der Waals surface area contributed by atoms with Crippen LogP contribution in [0.25, 0.3) is 0 Å². The van der Waals surface area contributed by atoms with Crippen molar-refractivity contribution in [2.75, 3.05) is 7.11 Å². The van der Waals surface area contributed by atoms with Crippen molar-refractivity contribution >= 4 is 11.9 Å². The predicted octanol–water partition coefficient (Wildman–Crippen LogP) is 0.630. The molecule has 0 radical (unpaired) electrons. The van der Waals surface area contributed by atoms with Gasteiger partial charge in [-0.3, -0.25) is 9.59 Å². The number of ether oxygens (including phenoxy) is 1. The van der Waals surface area contributed by atoms with Crippen molar-refractivity contribution in [2.24, 2.45) is 5.92 Å². The second kappa shape index (κ2) is 4.79. The first-order chi connectivity index (χ1) is 6.63. The molecule has 0 heterocycles. The van der Waals surface area contributed by atoms with Gasteiger partial charge in [-0.15, -0.1) is 0 Å². The van der Waals surface area contributed by atoms with E-state index in [0.29, 0.717) is 0 Å². The molecule has 0 aliphatic heterocycles. The molecule has 4 heteroatoms. The molecular formula is C10H15NO3. The molecule has 2 atom stereocenters. The highest BCUT2D eigenvalue weighted by Gasteiger charge is 2.22. The summed E-state index contributed by atoms with van der Waals surface area (Å²) >= 11 is 0. The summed E-state index contributed by atoms with van der Waals surface area (Å²) in [6, 6.07) is 0.0633. The first kappa shape index (κ1) is 10.8. The molecule has 1 rings (SSSR count). The summed E-state index contributed by atoms with van der Waals surface area (Å²) in [5.74, 6) is -0.399. The van der Waals surface area contributed by atoms with Gasteiger partial charge in [-0.2, -0.15) is 0 Å². The van der Waals surface area contributed by atoms with Gasteiger partial charge >= 0.3 is 5.97 Å². The quantitative estimate of drug-likeness (QED) is 0.522. The van der Waals surface area contributed by atoms with Gasteiger partial charge in [-0.05, 0) is 12.8 Å². The second-order valence-electron chi connectivity index (χ2n) is 3.40. The van der Waals surface area contributed by atoms with Crippen molar-refractivity contribution < 1.29 is 14.3 Å². The van der Waals surface area contributed by atoms with Crippen molar-refractivity contribution in [1.82, 2.24) is 5.32 Å². The van der Waals surface area contributed by atoms with E-state index < -0.39 is 0 Å². The Balaban J connectivity index is 2.47. The number of carbonyl (C=O) groups excluding carboxylic acids is 2. The average molecular weight is 197 g/mol. The minimum absolute atomic E-state index is 0.0452. The Morgan fingerprint density at radius 1 is 1.36 bits per heavy atom. The van der Waals surface area contributed by atoms with Crippen LogP contribution in [0.4, 0.5) is 0 Å². The Hall–Kier alpha value is -1.32. The molecule has 4 nitrogen and oxygen atoms in total. The van der Waals surface area contributed by atoms with Gasteiger partial charge < -0.3 is 10.1 Å². The highest BCUT2D eigenvalue weighted by atomic mass is 16.5. The number of hydrogen-bond acceptors (Lipinski definition) is 3. The topological polar surface area (TPSA) is 55.4 Å². The smallest absolute Gasteiger partial charge is 0.312 e. The predicted molar refractivity (Wildman–Crippen MR) is 51.5 cm³/mol. The Bertz CT molecular complexity index is 260. The highest BCUT2D eigenvalue weighted by molar-refractivity contribution is 5.75. The maximum Gasteiger partial charge on any atom is 0.312 e. The summed E-state index contributed by atoms with van der Waals surface area (Å²) in [4.78, 5) is 21.9. The van der Waals surface area contributed by atoms with Gasteiger partial charge in [0.15, 0.2) is 0 Å². The molecule has 1 amide bonds. The van der Waals surface area contributed by atoms with E-state index in [0.717, 1.165) is 12.8 Å². The SMILES string of the molecule is COC(=O)[C@@H]1C=C[C@@H](NC(C)=O)CC1. The third-order valence-electron chi connectivity index (χ3n) is 2.26. The van der Waals surface area contributed by atoms with Crippen LogP contribution in [0.5, 0.6) is 0 Å². The van der Waals surface area contributed by atoms with E-state index in [9.17, 15) is 9.59 Å². The van der Waals surface area contributed by atoms with Crippen LogP contribution in [0.1, 0.15) is 19.8 Å². The zero-order valence-corrected chi connectivity index (χ0v) is 8.45. The lowest BCUT2D eigenvalue weighted by Crippen LogP contribution is -2.34. The van der Waals surface area contributed by atoms with E-state index in [4.69, 9.17) is 0 Å². The van der Waals surface area contributed by atoms with Crippen LogP contribution in [0.15, 0.2) is 12.2 Å². The van der Waals surface area contributed by atoms with Gasteiger partial charge in [0.2, 0.25) is 5.91 Å². The van der Waals surface area contributed by atoms with Gasteiger partial charge in [0, 0.05) is 13.0 Å². The first-order valence-electron chi connectivity index (χ1n) is 4.66. The Kier molecular flexibility index (Phi) is 3.68. The van der Waals surface area contributed by atoms with Crippen LogP contribution in [0, 0.1) is 5.92 Å². The summed E-state index contributed by atoms with van der Waals surface area (Å²) in [5.41, 5.74) is 0. The monoisotopic (exact) mass is 197 g/mol. The minimum Gasteiger partial charge on any atom is -0.469 e. The van der Waals surface area contributed by atoms with E-state index in [1.54, 1.807) is 6.08 Å². The number of nitrogens with one attached hydrogen (secondary N) is 1. The van der Waals surface area contributed by atoms with Crippen LogP contribution in [-0.4, -0.2) is 25.0 Å². The molecule has 78 valence electrons. The summed E-state index contributed by atoms with van der Waals surface area (Å²) in [5, 5.41) is 2.78. The third kappa shape index (κ3) is 2.87. The summed E-state index contributed by atoms with van der Waals surface area (Å²) in [7, 11) is 1.39. The van der Waals surface area contributed by atoms with E-state index >= 15 is 0 Å². The highest BCUT2D eigenvalue weighted by Crippen LogP contribution is 2.18. The van der Waals surface area contributed by atoms with Crippen LogP contribution in [0.2, 0.25) is 0 Å². The summed E-state index contributed by atoms with van der Waals surface area (Å²) < 4.78 is 4.63. The standard InChI is InChI=1S/C10H15NO3/c1-7(12)11-9-5-3-8(4-6-9)10(13)14-2/h3,5,8-9H,4,6H2,1-2H3,(H,11,12)/t8-,9-/m1/s1. The second-order valence-corrected chi connectivity index (χ2v) is 3.40. The third-order valence-corrected chi connectivity index (χ3v) is 2.26. The number of amides is 1. The Labute approximate surface area is 83.3 Å². The van der Waals surface area contributed by atoms with Gasteiger partial charge in [0.25, 0.3) is 0 Å². The molecule has 0 aromatic carbocycles. The molecule has 0 fully saturated rings. The zero-order valence-electron chi connectivity index (χ0n) is 8.45. The lowest BCUT2D eigenvalue weighted by atomic mass is 9.93. The van der Waals surface area contributed by atoms with Gasteiger partial charge in [-0.1, -0.05) is 12.2 Å². The molecule has 1 N–H and O–H groups in total. The first-order valence-corrected chi connectivity index (χ1v) is 4.66. The number of carbonyl (C=O) groups is 2. The van der Waals surface area contributed by atoms with E-state index in [1.807, 2.05) is 6.08 Å². The number of methoxy groups -OCH3 is 1. The summed E-state index contributed by atoms with van der Waals surface area (Å²) in [6.45, 7) is 1.49. The zero-order chi connectivity index (χ0) is 10.6. The van der Waals surface area contributed by atoms with E-state index in [1.165, 1.54) is 14.0 Å². The van der Waals surface area contributed by atoms with E-state index in [-0.39, 0.29) is 23.8 Å². The molecule has 0 saturated heterocycles. The maximum absolute atomic E-state index is 11.1. The van der Waals surface area contributed by atoms with E-state index in [2.05, 4.69) is 10.1 Å². The normalized spacial score (nSPS) is 25.6. The molecule has 1 aliphatic carbocycles. The van der Waals surface area contributed by atoms with Crippen molar-refractivity contribution in [3.8, 4) is 0 Å². The number of esters is 1. The largest absolute Gasteiger partial charge is 0.469 e. The maximum atomic E-state index is 11.1. The molecule has 0 aromatic rings. The molecule has 0 bridgehead atoms. The Morgan fingerprint density at radius 3 is 2.50 bits per heavy atom. The van der Waals surface area contributed by atoms with Crippen LogP contribution in [-0.2, 0) is 14.3 Å². The molecular weight excluding hydrogens is 182 g/mol. The molecule has 1 aliphatic rings.